The predicted octanol–water partition coefficient (Wildman–Crippen LogP) is 6.91. The maximum atomic E-state index is 6.36. The Balaban J connectivity index is 1.91. The summed E-state index contributed by atoms with van der Waals surface area (Å²) in [6, 6.07) is 21.9. The monoisotopic (exact) mass is 452 g/mol. The van der Waals surface area contributed by atoms with Gasteiger partial charge in [-0.2, -0.15) is 0 Å². The van der Waals surface area contributed by atoms with Crippen LogP contribution >= 0.6 is 0 Å². The molecule has 0 fully saturated rings. The van der Waals surface area contributed by atoms with Crippen LogP contribution in [0.2, 0.25) is 0 Å². The number of nitrogens with zero attached hydrogens (tertiary/aromatic N) is 2. The van der Waals surface area contributed by atoms with E-state index in [0.29, 0.717) is 0 Å². The van der Waals surface area contributed by atoms with E-state index in [9.17, 15) is 0 Å². The molecule has 3 aromatic rings. The number of benzene rings is 3. The minimum Gasteiger partial charge on any atom is -0.398 e. The van der Waals surface area contributed by atoms with Crippen molar-refractivity contribution >= 4 is 33.4 Å². The second kappa shape index (κ2) is 10.7. The largest absolute Gasteiger partial charge is 0.398 e. The van der Waals surface area contributed by atoms with Crippen LogP contribution in [0.5, 0.6) is 0 Å². The number of fused-ring (bicyclic) bond motifs is 1. The van der Waals surface area contributed by atoms with E-state index in [0.717, 1.165) is 50.1 Å². The first-order valence-electron chi connectivity index (χ1n) is 12.8. The molecule has 34 heavy (non-hydrogen) atoms. The Bertz CT molecular complexity index is 1240. The van der Waals surface area contributed by atoms with Crippen molar-refractivity contribution in [1.29, 1.82) is 0 Å². The zero-order chi connectivity index (χ0) is 24.1. The molecule has 0 spiro atoms. The highest BCUT2D eigenvalue weighted by Crippen LogP contribution is 2.37. The van der Waals surface area contributed by atoms with Gasteiger partial charge in [0.25, 0.3) is 0 Å². The van der Waals surface area contributed by atoms with Crippen LogP contribution < -0.4 is 10.6 Å². The summed E-state index contributed by atoms with van der Waals surface area (Å²) in [6.45, 7) is 13.0. The van der Waals surface area contributed by atoms with Gasteiger partial charge in [-0.25, -0.2) is 4.58 Å². The predicted molar refractivity (Wildman–Crippen MR) is 149 cm³/mol. The molecule has 1 aliphatic carbocycles. The van der Waals surface area contributed by atoms with Crippen LogP contribution in [0.4, 0.5) is 11.4 Å². The molecule has 4 rings (SSSR count). The fourth-order valence-electron chi connectivity index (χ4n) is 5.21. The van der Waals surface area contributed by atoms with Crippen molar-refractivity contribution in [3.63, 3.8) is 0 Å². The van der Waals surface area contributed by atoms with E-state index in [4.69, 9.17) is 5.73 Å². The average Bonchev–Trinajstić information content (AvgIpc) is 2.89. The van der Waals surface area contributed by atoms with Crippen LogP contribution in [0.25, 0.3) is 16.3 Å². The molecule has 0 aromatic heterocycles. The fourth-order valence-corrected chi connectivity index (χ4v) is 5.21. The second-order valence-electron chi connectivity index (χ2n) is 8.86. The van der Waals surface area contributed by atoms with Crippen molar-refractivity contribution in [1.82, 2.24) is 0 Å². The first-order valence-corrected chi connectivity index (χ1v) is 12.8. The van der Waals surface area contributed by atoms with Crippen molar-refractivity contribution in [3.8, 4) is 0 Å². The zero-order valence-electron chi connectivity index (χ0n) is 21.1. The van der Waals surface area contributed by atoms with E-state index in [1.165, 1.54) is 39.1 Å². The quantitative estimate of drug-likeness (QED) is 0.312. The first kappa shape index (κ1) is 23.8. The van der Waals surface area contributed by atoms with E-state index < -0.39 is 0 Å². The van der Waals surface area contributed by atoms with Gasteiger partial charge in [0, 0.05) is 42.3 Å². The number of hydrogen-bond donors (Lipinski definition) is 1. The van der Waals surface area contributed by atoms with Gasteiger partial charge in [-0.3, -0.25) is 0 Å². The summed E-state index contributed by atoms with van der Waals surface area (Å²) in [6.07, 6.45) is 6.78. The van der Waals surface area contributed by atoms with Crippen LogP contribution in [-0.4, -0.2) is 36.5 Å². The van der Waals surface area contributed by atoms with Gasteiger partial charge < -0.3 is 10.6 Å². The highest BCUT2D eigenvalue weighted by Gasteiger charge is 2.20. The lowest BCUT2D eigenvalue weighted by atomic mass is 9.85. The Morgan fingerprint density at radius 3 is 2.06 bits per heavy atom. The molecule has 3 nitrogen and oxygen atoms in total. The SMILES string of the molecule is CCN(CC)c1ccc(/C(=C2/C=CC(=[N+](CC)CC)CC2)c2ccc(N)c3ccccc23)cc1. The Kier molecular flexibility index (Phi) is 7.52. The highest BCUT2D eigenvalue weighted by molar-refractivity contribution is 6.04. The lowest BCUT2D eigenvalue weighted by Crippen LogP contribution is -2.21. The summed E-state index contributed by atoms with van der Waals surface area (Å²) < 4.78 is 2.46. The van der Waals surface area contributed by atoms with E-state index in [2.05, 4.69) is 110 Å². The van der Waals surface area contributed by atoms with Crippen LogP contribution in [0.3, 0.4) is 0 Å². The topological polar surface area (TPSA) is 32.3 Å². The lowest BCUT2D eigenvalue weighted by molar-refractivity contribution is -0.521. The Morgan fingerprint density at radius 2 is 1.47 bits per heavy atom. The van der Waals surface area contributed by atoms with Crippen molar-refractivity contribution < 1.29 is 4.58 Å². The van der Waals surface area contributed by atoms with E-state index in [-0.39, 0.29) is 0 Å². The highest BCUT2D eigenvalue weighted by atomic mass is 15.1. The van der Waals surface area contributed by atoms with Gasteiger partial charge in [0.15, 0.2) is 5.71 Å². The molecule has 0 bridgehead atoms. The van der Waals surface area contributed by atoms with Gasteiger partial charge in [0.2, 0.25) is 0 Å². The Hall–Kier alpha value is -3.33. The molecule has 176 valence electrons. The van der Waals surface area contributed by atoms with Gasteiger partial charge in [-0.15, -0.1) is 0 Å². The summed E-state index contributed by atoms with van der Waals surface area (Å²) in [5, 5.41) is 2.33. The molecule has 2 N–H and O–H groups in total. The number of allylic oxidation sites excluding steroid dienone is 3. The number of nitrogen functional groups attached to an aromatic ring is 1. The smallest absolute Gasteiger partial charge is 0.176 e. The molecule has 1 aliphatic rings. The third-order valence-electron chi connectivity index (χ3n) is 7.13. The summed E-state index contributed by atoms with van der Waals surface area (Å²) in [5.41, 5.74) is 15.1. The maximum absolute atomic E-state index is 6.36. The van der Waals surface area contributed by atoms with Gasteiger partial charge in [-0.1, -0.05) is 48.5 Å². The van der Waals surface area contributed by atoms with Crippen LogP contribution in [-0.2, 0) is 0 Å². The maximum Gasteiger partial charge on any atom is 0.176 e. The van der Waals surface area contributed by atoms with Crippen molar-refractivity contribution in [2.24, 2.45) is 0 Å². The van der Waals surface area contributed by atoms with E-state index in [1.54, 1.807) is 0 Å². The fraction of sp³-hybridized carbons (Fsp3) is 0.323. The normalized spacial score (nSPS) is 15.0. The summed E-state index contributed by atoms with van der Waals surface area (Å²) >= 11 is 0. The Morgan fingerprint density at radius 1 is 0.794 bits per heavy atom. The summed E-state index contributed by atoms with van der Waals surface area (Å²) in [5.74, 6) is 0. The molecule has 0 atom stereocenters. The van der Waals surface area contributed by atoms with Crippen LogP contribution in [0.15, 0.2) is 78.4 Å². The molecule has 0 radical (unpaired) electrons. The third-order valence-corrected chi connectivity index (χ3v) is 7.13. The molecule has 0 unspecified atom stereocenters. The van der Waals surface area contributed by atoms with Crippen molar-refractivity contribution in [2.75, 3.05) is 36.8 Å². The molecular formula is C31H38N3+. The lowest BCUT2D eigenvalue weighted by Gasteiger charge is -2.23. The third kappa shape index (κ3) is 4.65. The molecule has 0 heterocycles. The molecule has 0 saturated carbocycles. The molecular weight excluding hydrogens is 414 g/mol. The minimum atomic E-state index is 0.830. The second-order valence-corrected chi connectivity index (χ2v) is 8.86. The number of anilines is 2. The average molecular weight is 453 g/mol. The van der Waals surface area contributed by atoms with Gasteiger partial charge in [0.05, 0.1) is 0 Å². The summed E-state index contributed by atoms with van der Waals surface area (Å²) in [7, 11) is 0. The molecule has 0 saturated heterocycles. The van der Waals surface area contributed by atoms with Gasteiger partial charge in [-0.05, 0) is 80.0 Å². The standard InChI is InChI=1S/C31H37N3/c1-5-33(6-2)25-17-13-23(14-18-25)31(24-15-19-26(20-16-24)34(7-3)8-4)29-21-22-30(32)28-12-10-9-11-27(28)29/h9-15,17-19,21-22,32H,5-8,16,20H2,1-4H3/p+1. The minimum absolute atomic E-state index is 0.830. The van der Waals surface area contributed by atoms with Gasteiger partial charge >= 0.3 is 0 Å². The number of hydrogen-bond acceptors (Lipinski definition) is 2. The number of nitrogens with two attached hydrogens (primary N) is 1. The molecule has 0 aliphatic heterocycles. The van der Waals surface area contributed by atoms with Gasteiger partial charge in [0.1, 0.15) is 13.1 Å². The first-order chi connectivity index (χ1) is 16.6. The molecule has 0 amide bonds. The summed E-state index contributed by atoms with van der Waals surface area (Å²) in [4.78, 5) is 2.39. The molecule has 3 aromatic carbocycles. The van der Waals surface area contributed by atoms with E-state index in [1.807, 2.05) is 0 Å². The Labute approximate surface area is 204 Å². The molecule has 3 heteroatoms. The van der Waals surface area contributed by atoms with Crippen LogP contribution in [0, 0.1) is 0 Å². The van der Waals surface area contributed by atoms with E-state index >= 15 is 0 Å². The zero-order valence-corrected chi connectivity index (χ0v) is 21.1. The van der Waals surface area contributed by atoms with Crippen LogP contribution in [0.1, 0.15) is 51.7 Å². The van der Waals surface area contributed by atoms with Crippen molar-refractivity contribution in [2.45, 2.75) is 40.5 Å². The number of rotatable bonds is 7. The van der Waals surface area contributed by atoms with Crippen molar-refractivity contribution in [3.05, 3.63) is 89.5 Å².